The molecule has 1 saturated carbocycles. The number of aliphatic hydroxyl groups is 1. The Kier molecular flexibility index (Phi) is 2.74. The second-order valence-electron chi connectivity index (χ2n) is 5.94. The molecule has 1 fully saturated rings. The smallest absolute Gasteiger partial charge is 0.123 e. The highest BCUT2D eigenvalue weighted by Crippen LogP contribution is 2.65. The van der Waals surface area contributed by atoms with Gasteiger partial charge in [0.2, 0.25) is 0 Å². The molecular formula is C15H22O2. The average Bonchev–Trinajstić information content (AvgIpc) is 2.85. The molecule has 0 aliphatic heterocycles. The van der Waals surface area contributed by atoms with E-state index in [0.29, 0.717) is 0 Å². The summed E-state index contributed by atoms with van der Waals surface area (Å²) in [5.74, 6) is 0.910. The van der Waals surface area contributed by atoms with Crippen LogP contribution in [0, 0.1) is 19.3 Å². The summed E-state index contributed by atoms with van der Waals surface area (Å²) in [6.07, 6.45) is 1.02. The van der Waals surface area contributed by atoms with Crippen molar-refractivity contribution in [2.75, 3.05) is 13.7 Å². The Bertz CT molecular complexity index is 448. The van der Waals surface area contributed by atoms with E-state index in [2.05, 4.69) is 39.8 Å². The lowest BCUT2D eigenvalue weighted by atomic mass is 9.86. The maximum Gasteiger partial charge on any atom is 0.123 e. The Morgan fingerprint density at radius 3 is 2.18 bits per heavy atom. The van der Waals surface area contributed by atoms with E-state index in [1.165, 1.54) is 11.1 Å². The number of methoxy groups -OCH3 is 1. The number of rotatable bonds is 3. The van der Waals surface area contributed by atoms with Gasteiger partial charge in [-0.1, -0.05) is 19.9 Å². The molecule has 0 radical (unpaired) electrons. The highest BCUT2D eigenvalue weighted by atomic mass is 16.5. The predicted molar refractivity (Wildman–Crippen MR) is 69.6 cm³/mol. The average molecular weight is 234 g/mol. The molecule has 1 aliphatic rings. The molecule has 0 spiro atoms. The topological polar surface area (TPSA) is 29.5 Å². The lowest BCUT2D eigenvalue weighted by molar-refractivity contribution is 0.228. The van der Waals surface area contributed by atoms with E-state index in [1.807, 2.05) is 0 Å². The number of hydrogen-bond donors (Lipinski definition) is 1. The van der Waals surface area contributed by atoms with Crippen molar-refractivity contribution in [3.8, 4) is 5.75 Å². The van der Waals surface area contributed by atoms with Gasteiger partial charge in [-0.15, -0.1) is 0 Å². The normalized spacial score (nSPS) is 25.8. The van der Waals surface area contributed by atoms with Crippen LogP contribution in [0.5, 0.6) is 5.75 Å². The van der Waals surface area contributed by atoms with Gasteiger partial charge in [-0.2, -0.15) is 0 Å². The fraction of sp³-hybridized carbons (Fsp3) is 0.600. The lowest BCUT2D eigenvalue weighted by Gasteiger charge is -2.22. The largest absolute Gasteiger partial charge is 0.496 e. The van der Waals surface area contributed by atoms with Gasteiger partial charge in [0.1, 0.15) is 5.75 Å². The van der Waals surface area contributed by atoms with Crippen LogP contribution in [-0.2, 0) is 5.41 Å². The maximum absolute atomic E-state index is 9.77. The molecule has 0 heterocycles. The van der Waals surface area contributed by atoms with Crippen LogP contribution in [0.4, 0.5) is 0 Å². The van der Waals surface area contributed by atoms with Crippen molar-refractivity contribution in [3.63, 3.8) is 0 Å². The molecule has 1 atom stereocenters. The molecule has 94 valence electrons. The summed E-state index contributed by atoms with van der Waals surface area (Å²) in [5, 5.41) is 9.77. The third-order valence-corrected chi connectivity index (χ3v) is 4.52. The summed E-state index contributed by atoms with van der Waals surface area (Å²) in [7, 11) is 1.70. The third kappa shape index (κ3) is 1.66. The molecule has 2 nitrogen and oxygen atoms in total. The lowest BCUT2D eigenvalue weighted by Crippen LogP contribution is -2.20. The van der Waals surface area contributed by atoms with Crippen LogP contribution in [0.1, 0.15) is 37.0 Å². The molecule has 0 saturated heterocycles. The fourth-order valence-electron chi connectivity index (χ4n) is 2.86. The van der Waals surface area contributed by atoms with Crippen molar-refractivity contribution in [1.82, 2.24) is 0 Å². The summed E-state index contributed by atoms with van der Waals surface area (Å²) < 4.78 is 5.49. The van der Waals surface area contributed by atoms with Crippen LogP contribution in [0.3, 0.4) is 0 Å². The third-order valence-electron chi connectivity index (χ3n) is 4.52. The Morgan fingerprint density at radius 1 is 1.24 bits per heavy atom. The first kappa shape index (κ1) is 12.4. The van der Waals surface area contributed by atoms with E-state index < -0.39 is 0 Å². The summed E-state index contributed by atoms with van der Waals surface area (Å²) >= 11 is 0. The second-order valence-corrected chi connectivity index (χ2v) is 5.94. The Labute approximate surface area is 104 Å². The molecule has 2 rings (SSSR count). The molecule has 2 heteroatoms. The first-order valence-corrected chi connectivity index (χ1v) is 6.14. The number of ether oxygens (including phenoxy) is 1. The summed E-state index contributed by atoms with van der Waals surface area (Å²) in [5.41, 5.74) is 3.71. The quantitative estimate of drug-likeness (QED) is 0.871. The molecule has 1 aromatic carbocycles. The number of hydrogen-bond acceptors (Lipinski definition) is 2. The van der Waals surface area contributed by atoms with Crippen LogP contribution in [0.2, 0.25) is 0 Å². The van der Waals surface area contributed by atoms with Gasteiger partial charge in [0, 0.05) is 11.0 Å². The molecule has 1 aromatic rings. The maximum atomic E-state index is 9.77. The number of benzene rings is 1. The van der Waals surface area contributed by atoms with E-state index in [1.54, 1.807) is 7.11 Å². The minimum Gasteiger partial charge on any atom is -0.496 e. The number of aliphatic hydroxyl groups excluding tert-OH is 1. The predicted octanol–water partition coefficient (Wildman–Crippen LogP) is 2.97. The van der Waals surface area contributed by atoms with Gasteiger partial charge in [-0.25, -0.2) is 0 Å². The van der Waals surface area contributed by atoms with Crippen molar-refractivity contribution < 1.29 is 9.84 Å². The highest BCUT2D eigenvalue weighted by Gasteiger charge is 2.62. The molecule has 1 unspecified atom stereocenters. The molecule has 1 N–H and O–H groups in total. The summed E-state index contributed by atoms with van der Waals surface area (Å²) in [6, 6.07) is 4.26. The van der Waals surface area contributed by atoms with Crippen LogP contribution in [-0.4, -0.2) is 18.8 Å². The van der Waals surface area contributed by atoms with Gasteiger partial charge in [-0.05, 0) is 42.9 Å². The Morgan fingerprint density at radius 2 is 1.76 bits per heavy atom. The fourth-order valence-corrected chi connectivity index (χ4v) is 2.86. The minimum atomic E-state index is -0.114. The summed E-state index contributed by atoms with van der Waals surface area (Å²) in [6.45, 7) is 8.80. The molecule has 17 heavy (non-hydrogen) atoms. The van der Waals surface area contributed by atoms with Gasteiger partial charge in [-0.3, -0.25) is 0 Å². The zero-order valence-electron chi connectivity index (χ0n) is 11.4. The first-order valence-electron chi connectivity index (χ1n) is 6.14. The van der Waals surface area contributed by atoms with Gasteiger partial charge in [0.05, 0.1) is 13.7 Å². The van der Waals surface area contributed by atoms with E-state index in [4.69, 9.17) is 4.74 Å². The Balaban J connectivity index is 2.56. The minimum absolute atomic E-state index is 0.114. The zero-order chi connectivity index (χ0) is 12.8. The van der Waals surface area contributed by atoms with E-state index in [0.717, 1.165) is 17.7 Å². The van der Waals surface area contributed by atoms with Crippen LogP contribution < -0.4 is 4.74 Å². The summed E-state index contributed by atoms with van der Waals surface area (Å²) in [4.78, 5) is 0. The first-order chi connectivity index (χ1) is 7.88. The monoisotopic (exact) mass is 234 g/mol. The van der Waals surface area contributed by atoms with E-state index >= 15 is 0 Å². The van der Waals surface area contributed by atoms with Gasteiger partial charge in [0.15, 0.2) is 0 Å². The van der Waals surface area contributed by atoms with Crippen molar-refractivity contribution in [2.45, 2.75) is 39.5 Å². The Hall–Kier alpha value is -1.02. The van der Waals surface area contributed by atoms with Gasteiger partial charge in [0.25, 0.3) is 0 Å². The van der Waals surface area contributed by atoms with Crippen molar-refractivity contribution in [3.05, 3.63) is 28.8 Å². The molecule has 1 aliphatic carbocycles. The van der Waals surface area contributed by atoms with E-state index in [-0.39, 0.29) is 17.4 Å². The van der Waals surface area contributed by atoms with E-state index in [9.17, 15) is 5.11 Å². The van der Waals surface area contributed by atoms with Gasteiger partial charge < -0.3 is 9.84 Å². The van der Waals surface area contributed by atoms with Crippen LogP contribution in [0.15, 0.2) is 12.1 Å². The SMILES string of the molecule is COc1cc(C)c(C)cc1C1(CO)CC1(C)C. The standard InChI is InChI=1S/C15H22O2/c1-10-6-12(13(17-5)7-11(10)2)15(9-16)8-14(15,3)4/h6-7,16H,8-9H2,1-5H3. The molecule has 0 amide bonds. The van der Waals surface area contributed by atoms with Crippen LogP contribution in [0.25, 0.3) is 0 Å². The molecule has 0 bridgehead atoms. The molecule has 0 aromatic heterocycles. The number of aryl methyl sites for hydroxylation is 2. The van der Waals surface area contributed by atoms with Gasteiger partial charge >= 0.3 is 0 Å². The highest BCUT2D eigenvalue weighted by molar-refractivity contribution is 5.50. The van der Waals surface area contributed by atoms with Crippen molar-refractivity contribution >= 4 is 0 Å². The zero-order valence-corrected chi connectivity index (χ0v) is 11.4. The van der Waals surface area contributed by atoms with Crippen molar-refractivity contribution in [2.24, 2.45) is 5.41 Å². The molecular weight excluding hydrogens is 212 g/mol. The second kappa shape index (κ2) is 3.74. The van der Waals surface area contributed by atoms with Crippen molar-refractivity contribution in [1.29, 1.82) is 0 Å². The van der Waals surface area contributed by atoms with Crippen LogP contribution >= 0.6 is 0 Å².